The molecule has 2 unspecified atom stereocenters. The second-order valence-electron chi connectivity index (χ2n) is 5.15. The predicted octanol–water partition coefficient (Wildman–Crippen LogP) is 3.24. The number of hydrogen-bond acceptors (Lipinski definition) is 1. The van der Waals surface area contributed by atoms with Crippen molar-refractivity contribution in [3.8, 4) is 0 Å². The summed E-state index contributed by atoms with van der Waals surface area (Å²) in [5, 5.41) is 6.07. The number of rotatable bonds is 5. The summed E-state index contributed by atoms with van der Waals surface area (Å²) in [5.74, 6) is 0.607. The molecule has 0 radical (unpaired) electrons. The number of amides is 2. The molecule has 0 aliphatic heterocycles. The monoisotopic (exact) mass is 246 g/mol. The molecule has 2 N–H and O–H groups in total. The van der Waals surface area contributed by atoms with Crippen LogP contribution in [0.1, 0.15) is 44.7 Å². The molecule has 0 heterocycles. The number of carbonyl (C=O) groups excluding carboxylic acids is 1. The summed E-state index contributed by atoms with van der Waals surface area (Å²) < 4.78 is 0. The average molecular weight is 246 g/mol. The first-order valence-corrected chi connectivity index (χ1v) is 6.82. The van der Waals surface area contributed by atoms with Crippen LogP contribution in [0.5, 0.6) is 0 Å². The summed E-state index contributed by atoms with van der Waals surface area (Å²) in [6.45, 7) is 4.09. The van der Waals surface area contributed by atoms with Crippen LogP contribution in [0.15, 0.2) is 30.3 Å². The van der Waals surface area contributed by atoms with Crippen molar-refractivity contribution < 1.29 is 4.79 Å². The molecule has 2 rings (SSSR count). The number of urea groups is 1. The van der Waals surface area contributed by atoms with Crippen LogP contribution in [-0.4, -0.2) is 12.1 Å². The van der Waals surface area contributed by atoms with Gasteiger partial charge in [0, 0.05) is 6.04 Å². The summed E-state index contributed by atoms with van der Waals surface area (Å²) in [6.07, 6.45) is 3.37. The third kappa shape index (κ3) is 3.49. The first-order valence-electron chi connectivity index (χ1n) is 6.82. The zero-order chi connectivity index (χ0) is 13.0. The van der Waals surface area contributed by atoms with Crippen molar-refractivity contribution in [2.45, 2.75) is 45.2 Å². The number of carbonyl (C=O) groups is 1. The van der Waals surface area contributed by atoms with Gasteiger partial charge >= 0.3 is 6.03 Å². The first kappa shape index (κ1) is 12.9. The molecule has 0 saturated heterocycles. The van der Waals surface area contributed by atoms with E-state index in [-0.39, 0.29) is 18.1 Å². The Hall–Kier alpha value is -1.51. The third-order valence-electron chi connectivity index (χ3n) is 3.53. The zero-order valence-corrected chi connectivity index (χ0v) is 11.1. The van der Waals surface area contributed by atoms with E-state index in [9.17, 15) is 4.79 Å². The van der Waals surface area contributed by atoms with Crippen LogP contribution in [0.25, 0.3) is 0 Å². The molecule has 1 aliphatic carbocycles. The van der Waals surface area contributed by atoms with E-state index in [0.29, 0.717) is 5.92 Å². The van der Waals surface area contributed by atoms with E-state index in [1.54, 1.807) is 0 Å². The van der Waals surface area contributed by atoms with Gasteiger partial charge in [-0.05, 0) is 37.7 Å². The van der Waals surface area contributed by atoms with Crippen molar-refractivity contribution in [2.24, 2.45) is 5.92 Å². The van der Waals surface area contributed by atoms with Crippen LogP contribution in [-0.2, 0) is 0 Å². The molecule has 2 amide bonds. The highest BCUT2D eigenvalue weighted by Gasteiger charge is 2.33. The lowest BCUT2D eigenvalue weighted by Gasteiger charge is -2.20. The molecule has 1 aliphatic rings. The van der Waals surface area contributed by atoms with Crippen molar-refractivity contribution >= 4 is 6.03 Å². The molecule has 3 nitrogen and oxygen atoms in total. The largest absolute Gasteiger partial charge is 0.336 e. The zero-order valence-electron chi connectivity index (χ0n) is 11.1. The van der Waals surface area contributed by atoms with E-state index in [2.05, 4.69) is 29.7 Å². The van der Waals surface area contributed by atoms with E-state index in [0.717, 1.165) is 6.42 Å². The molecular formula is C15H22N2O. The molecule has 0 bridgehead atoms. The molecular weight excluding hydrogens is 224 g/mol. The number of benzene rings is 1. The average Bonchev–Trinajstić information content (AvgIpc) is 3.21. The van der Waals surface area contributed by atoms with Crippen LogP contribution in [0.4, 0.5) is 4.79 Å². The highest BCUT2D eigenvalue weighted by molar-refractivity contribution is 5.74. The Balaban J connectivity index is 1.97. The lowest BCUT2D eigenvalue weighted by molar-refractivity contribution is 0.232. The van der Waals surface area contributed by atoms with Crippen molar-refractivity contribution in [3.63, 3.8) is 0 Å². The van der Waals surface area contributed by atoms with Gasteiger partial charge in [-0.1, -0.05) is 37.3 Å². The van der Waals surface area contributed by atoms with Gasteiger partial charge in [0.15, 0.2) is 0 Å². The number of nitrogens with one attached hydrogen (secondary N) is 2. The Kier molecular flexibility index (Phi) is 4.24. The van der Waals surface area contributed by atoms with Crippen LogP contribution < -0.4 is 10.6 Å². The van der Waals surface area contributed by atoms with Gasteiger partial charge in [-0.15, -0.1) is 0 Å². The fourth-order valence-electron chi connectivity index (χ4n) is 2.07. The molecule has 98 valence electrons. The lowest BCUT2D eigenvalue weighted by Crippen LogP contribution is -2.42. The molecule has 1 aromatic rings. The van der Waals surface area contributed by atoms with Crippen LogP contribution in [0.3, 0.4) is 0 Å². The Morgan fingerprint density at radius 2 is 1.94 bits per heavy atom. The fourth-order valence-corrected chi connectivity index (χ4v) is 2.07. The number of hydrogen-bond donors (Lipinski definition) is 2. The Morgan fingerprint density at radius 1 is 1.28 bits per heavy atom. The van der Waals surface area contributed by atoms with Crippen molar-refractivity contribution in [2.75, 3.05) is 0 Å². The maximum atomic E-state index is 11.9. The quantitative estimate of drug-likeness (QED) is 0.822. The minimum atomic E-state index is -0.0508. The Morgan fingerprint density at radius 3 is 2.50 bits per heavy atom. The van der Waals surface area contributed by atoms with Gasteiger partial charge in [-0.25, -0.2) is 4.79 Å². The maximum absolute atomic E-state index is 11.9. The van der Waals surface area contributed by atoms with Gasteiger partial charge in [0.1, 0.15) is 0 Å². The predicted molar refractivity (Wildman–Crippen MR) is 73.3 cm³/mol. The van der Waals surface area contributed by atoms with E-state index in [1.807, 2.05) is 25.1 Å². The second-order valence-corrected chi connectivity index (χ2v) is 5.15. The van der Waals surface area contributed by atoms with Gasteiger partial charge in [0.05, 0.1) is 6.04 Å². The topological polar surface area (TPSA) is 41.1 Å². The molecule has 0 aromatic heterocycles. The summed E-state index contributed by atoms with van der Waals surface area (Å²) in [7, 11) is 0. The van der Waals surface area contributed by atoms with Crippen molar-refractivity contribution in [1.82, 2.24) is 10.6 Å². The summed E-state index contributed by atoms with van der Waals surface area (Å²) in [5.41, 5.74) is 1.21. The second kappa shape index (κ2) is 5.89. The van der Waals surface area contributed by atoms with Gasteiger partial charge in [0.25, 0.3) is 0 Å². The van der Waals surface area contributed by atoms with E-state index in [4.69, 9.17) is 0 Å². The van der Waals surface area contributed by atoms with Crippen molar-refractivity contribution in [1.29, 1.82) is 0 Å². The molecule has 1 saturated carbocycles. The van der Waals surface area contributed by atoms with Crippen LogP contribution in [0.2, 0.25) is 0 Å². The molecule has 1 aromatic carbocycles. The minimum Gasteiger partial charge on any atom is -0.336 e. The molecule has 3 heteroatoms. The minimum absolute atomic E-state index is 0.0508. The van der Waals surface area contributed by atoms with Gasteiger partial charge in [-0.2, -0.15) is 0 Å². The molecule has 18 heavy (non-hydrogen) atoms. The van der Waals surface area contributed by atoms with Crippen LogP contribution in [0, 0.1) is 5.92 Å². The highest BCUT2D eigenvalue weighted by Crippen LogP contribution is 2.40. The molecule has 2 atom stereocenters. The standard InChI is InChI=1S/C15H22N2O/c1-3-11(2)16-15(18)17-14(13-9-10-13)12-7-5-4-6-8-12/h4-8,11,13-14H,3,9-10H2,1-2H3,(H2,16,17,18). The highest BCUT2D eigenvalue weighted by atomic mass is 16.2. The SMILES string of the molecule is CCC(C)NC(=O)NC(c1ccccc1)C1CC1. The first-order chi connectivity index (χ1) is 8.70. The summed E-state index contributed by atoms with van der Waals surface area (Å²) in [4.78, 5) is 11.9. The Bertz CT molecular complexity index is 387. The Labute approximate surface area is 109 Å². The van der Waals surface area contributed by atoms with E-state index in [1.165, 1.54) is 18.4 Å². The lowest BCUT2D eigenvalue weighted by atomic mass is 10.0. The maximum Gasteiger partial charge on any atom is 0.315 e. The summed E-state index contributed by atoms with van der Waals surface area (Å²) >= 11 is 0. The molecule has 1 fully saturated rings. The smallest absolute Gasteiger partial charge is 0.315 e. The van der Waals surface area contributed by atoms with Gasteiger partial charge in [-0.3, -0.25) is 0 Å². The van der Waals surface area contributed by atoms with E-state index >= 15 is 0 Å². The van der Waals surface area contributed by atoms with Crippen molar-refractivity contribution in [3.05, 3.63) is 35.9 Å². The third-order valence-corrected chi connectivity index (χ3v) is 3.53. The molecule has 0 spiro atoms. The van der Waals surface area contributed by atoms with E-state index < -0.39 is 0 Å². The van der Waals surface area contributed by atoms with Gasteiger partial charge in [0.2, 0.25) is 0 Å². The normalized spacial score (nSPS) is 17.9. The summed E-state index contributed by atoms with van der Waals surface area (Å²) in [6, 6.07) is 10.6. The van der Waals surface area contributed by atoms with Crippen LogP contribution >= 0.6 is 0 Å². The van der Waals surface area contributed by atoms with Gasteiger partial charge < -0.3 is 10.6 Å². The fraction of sp³-hybridized carbons (Fsp3) is 0.533.